The van der Waals surface area contributed by atoms with Crippen LogP contribution >= 0.6 is 23.2 Å². The van der Waals surface area contributed by atoms with Crippen LogP contribution in [0.1, 0.15) is 44.0 Å². The van der Waals surface area contributed by atoms with Gasteiger partial charge in [-0.2, -0.15) is 13.2 Å². The molecule has 0 unspecified atom stereocenters. The zero-order valence-electron chi connectivity index (χ0n) is 15.9. The van der Waals surface area contributed by atoms with Gasteiger partial charge in [-0.3, -0.25) is 14.4 Å². The van der Waals surface area contributed by atoms with Crippen LogP contribution in [-0.2, 0) is 9.59 Å². The number of rotatable bonds is 6. The molecule has 0 spiro atoms. The molecule has 0 saturated heterocycles. The van der Waals surface area contributed by atoms with E-state index in [1.807, 2.05) is 6.92 Å². The fraction of sp³-hybridized carbons (Fsp3) is 0.421. The van der Waals surface area contributed by atoms with Crippen molar-refractivity contribution in [3.63, 3.8) is 0 Å². The van der Waals surface area contributed by atoms with Crippen LogP contribution in [0.4, 0.5) is 13.2 Å². The van der Waals surface area contributed by atoms with Crippen LogP contribution in [0, 0.1) is 0 Å². The SMILES string of the molecule is CCCCN1C(=O)[C@](NC(=O)c2ccc(Cl)cc2Cl)(C(F)(F)F)C(C(C)=O)=C1C. The predicted molar refractivity (Wildman–Crippen MR) is 103 cm³/mol. The molecule has 0 radical (unpaired) electrons. The van der Waals surface area contributed by atoms with Gasteiger partial charge in [-0.15, -0.1) is 0 Å². The maximum atomic E-state index is 14.3. The number of nitrogens with zero attached hydrogens (tertiary/aromatic N) is 1. The number of hydrogen-bond donors (Lipinski definition) is 1. The smallest absolute Gasteiger partial charge is 0.326 e. The van der Waals surface area contributed by atoms with E-state index in [1.54, 1.807) is 5.32 Å². The van der Waals surface area contributed by atoms with E-state index >= 15 is 0 Å². The summed E-state index contributed by atoms with van der Waals surface area (Å²) in [5.74, 6) is -3.63. The molecule has 5 nitrogen and oxygen atoms in total. The van der Waals surface area contributed by atoms with Crippen LogP contribution in [0.5, 0.6) is 0 Å². The number of allylic oxidation sites excluding steroid dienone is 1. The summed E-state index contributed by atoms with van der Waals surface area (Å²) in [6.07, 6.45) is -4.21. The number of hydrogen-bond acceptors (Lipinski definition) is 3. The molecule has 0 aliphatic carbocycles. The molecule has 2 rings (SSSR count). The monoisotopic (exact) mass is 450 g/mol. The van der Waals surface area contributed by atoms with Crippen molar-refractivity contribution in [2.45, 2.75) is 45.3 Å². The van der Waals surface area contributed by atoms with Crippen molar-refractivity contribution in [2.75, 3.05) is 6.54 Å². The minimum Gasteiger partial charge on any atom is -0.326 e. The summed E-state index contributed by atoms with van der Waals surface area (Å²) in [6.45, 7) is 4.00. The van der Waals surface area contributed by atoms with E-state index in [-0.39, 0.29) is 27.9 Å². The van der Waals surface area contributed by atoms with E-state index in [9.17, 15) is 27.6 Å². The summed E-state index contributed by atoms with van der Waals surface area (Å²) in [4.78, 5) is 38.7. The van der Waals surface area contributed by atoms with E-state index in [2.05, 4.69) is 0 Å². The molecule has 2 amide bonds. The highest BCUT2D eigenvalue weighted by Gasteiger charge is 2.69. The Kier molecular flexibility index (Phi) is 6.69. The van der Waals surface area contributed by atoms with Crippen LogP contribution in [0.2, 0.25) is 10.0 Å². The Morgan fingerprint density at radius 1 is 1.24 bits per heavy atom. The second-order valence-corrected chi connectivity index (χ2v) is 7.50. The van der Waals surface area contributed by atoms with Crippen molar-refractivity contribution >= 4 is 40.8 Å². The number of Topliss-reactive ketones (excluding diaryl/α,β-unsaturated/α-hetero) is 1. The first kappa shape index (κ1) is 23.2. The summed E-state index contributed by atoms with van der Waals surface area (Å²) in [7, 11) is 0. The Morgan fingerprint density at radius 3 is 2.34 bits per heavy atom. The number of halogens is 5. The molecule has 158 valence electrons. The van der Waals surface area contributed by atoms with Gasteiger partial charge in [0, 0.05) is 17.3 Å². The third-order valence-corrected chi connectivity index (χ3v) is 5.24. The number of unbranched alkanes of at least 4 members (excludes halogenated alkanes) is 1. The van der Waals surface area contributed by atoms with Crippen LogP contribution in [0.15, 0.2) is 29.5 Å². The molecule has 1 aliphatic rings. The summed E-state index contributed by atoms with van der Waals surface area (Å²) < 4.78 is 42.9. The molecular formula is C19H19Cl2F3N2O3. The maximum Gasteiger partial charge on any atom is 0.425 e. The summed E-state index contributed by atoms with van der Waals surface area (Å²) in [6, 6.07) is 3.61. The normalized spacial score (nSPS) is 19.7. The molecule has 0 fully saturated rings. The molecule has 29 heavy (non-hydrogen) atoms. The van der Waals surface area contributed by atoms with Gasteiger partial charge in [-0.1, -0.05) is 36.5 Å². The first-order valence-corrected chi connectivity index (χ1v) is 9.52. The van der Waals surface area contributed by atoms with Crippen molar-refractivity contribution in [2.24, 2.45) is 0 Å². The molecule has 1 heterocycles. The lowest BCUT2D eigenvalue weighted by atomic mass is 9.86. The number of alkyl halides is 3. The molecule has 1 atom stereocenters. The first-order chi connectivity index (χ1) is 13.4. The lowest BCUT2D eigenvalue weighted by molar-refractivity contribution is -0.190. The predicted octanol–water partition coefficient (Wildman–Crippen LogP) is 4.53. The minimum absolute atomic E-state index is 0.00660. The Hall–Kier alpha value is -2.06. The van der Waals surface area contributed by atoms with Crippen LogP contribution < -0.4 is 5.32 Å². The summed E-state index contributed by atoms with van der Waals surface area (Å²) in [5, 5.41) is 1.76. The van der Waals surface area contributed by atoms with Crippen LogP contribution in [-0.4, -0.2) is 40.8 Å². The van der Waals surface area contributed by atoms with Gasteiger partial charge in [0.1, 0.15) is 0 Å². The minimum atomic E-state index is -5.26. The second kappa shape index (κ2) is 8.36. The van der Waals surface area contributed by atoms with Crippen molar-refractivity contribution in [1.82, 2.24) is 10.2 Å². The van der Waals surface area contributed by atoms with Gasteiger partial charge < -0.3 is 10.2 Å². The average Bonchev–Trinajstić information content (AvgIpc) is 2.80. The average molecular weight is 451 g/mol. The Bertz CT molecular complexity index is 899. The van der Waals surface area contributed by atoms with Gasteiger partial charge in [0.15, 0.2) is 5.78 Å². The van der Waals surface area contributed by atoms with Gasteiger partial charge in [0.05, 0.1) is 16.2 Å². The van der Waals surface area contributed by atoms with Gasteiger partial charge in [0.2, 0.25) is 5.54 Å². The lowest BCUT2D eigenvalue weighted by Crippen LogP contribution is -2.66. The third kappa shape index (κ3) is 4.00. The number of carbonyl (C=O) groups excluding carboxylic acids is 3. The van der Waals surface area contributed by atoms with E-state index in [0.717, 1.165) is 17.9 Å². The van der Waals surface area contributed by atoms with E-state index in [4.69, 9.17) is 23.2 Å². The van der Waals surface area contributed by atoms with Gasteiger partial charge >= 0.3 is 6.18 Å². The van der Waals surface area contributed by atoms with Crippen molar-refractivity contribution in [3.05, 3.63) is 45.1 Å². The van der Waals surface area contributed by atoms with Gasteiger partial charge in [-0.05, 0) is 38.5 Å². The highest BCUT2D eigenvalue weighted by Crippen LogP contribution is 2.45. The standard InChI is InChI=1S/C19H19Cl2F3N2O3/c1-4-5-8-26-10(2)15(11(3)27)18(17(26)29,19(22,23)24)25-16(28)13-7-6-12(20)9-14(13)21/h6-7,9H,4-5,8H2,1-3H3,(H,25,28)/t18-/m0/s1. The number of amides is 2. The van der Waals surface area contributed by atoms with E-state index < -0.39 is 34.9 Å². The lowest BCUT2D eigenvalue weighted by Gasteiger charge is -2.33. The fourth-order valence-corrected chi connectivity index (χ4v) is 3.83. The van der Waals surface area contributed by atoms with Crippen molar-refractivity contribution < 1.29 is 27.6 Å². The fourth-order valence-electron chi connectivity index (χ4n) is 3.33. The Balaban J connectivity index is 2.63. The summed E-state index contributed by atoms with van der Waals surface area (Å²) in [5.41, 5.74) is -4.73. The molecule has 1 aromatic rings. The van der Waals surface area contributed by atoms with Crippen molar-refractivity contribution in [3.8, 4) is 0 Å². The molecule has 0 saturated carbocycles. The Morgan fingerprint density at radius 2 is 1.86 bits per heavy atom. The number of benzene rings is 1. The molecule has 1 aliphatic heterocycles. The largest absolute Gasteiger partial charge is 0.425 e. The second-order valence-electron chi connectivity index (χ2n) is 6.65. The summed E-state index contributed by atoms with van der Waals surface area (Å²) >= 11 is 11.7. The molecule has 0 aromatic heterocycles. The molecular weight excluding hydrogens is 432 g/mol. The van der Waals surface area contributed by atoms with Gasteiger partial charge in [0.25, 0.3) is 11.8 Å². The number of ketones is 1. The molecule has 1 aromatic carbocycles. The van der Waals surface area contributed by atoms with E-state index in [1.165, 1.54) is 19.1 Å². The third-order valence-electron chi connectivity index (χ3n) is 4.70. The maximum absolute atomic E-state index is 14.3. The highest BCUT2D eigenvalue weighted by atomic mass is 35.5. The molecule has 1 N–H and O–H groups in total. The van der Waals surface area contributed by atoms with E-state index in [0.29, 0.717) is 12.8 Å². The molecule has 0 bridgehead atoms. The van der Waals surface area contributed by atoms with Crippen LogP contribution in [0.3, 0.4) is 0 Å². The number of nitrogens with one attached hydrogen (secondary N) is 1. The zero-order valence-corrected chi connectivity index (χ0v) is 17.4. The molecule has 10 heteroatoms. The van der Waals surface area contributed by atoms with Gasteiger partial charge in [-0.25, -0.2) is 0 Å². The van der Waals surface area contributed by atoms with Crippen molar-refractivity contribution in [1.29, 1.82) is 0 Å². The number of carbonyl (C=O) groups is 3. The highest BCUT2D eigenvalue weighted by molar-refractivity contribution is 6.36. The van der Waals surface area contributed by atoms with Crippen LogP contribution in [0.25, 0.3) is 0 Å². The zero-order chi connectivity index (χ0) is 22.1. The topological polar surface area (TPSA) is 66.5 Å². The quantitative estimate of drug-likeness (QED) is 0.692. The first-order valence-electron chi connectivity index (χ1n) is 8.77. The Labute approximate surface area is 175 Å².